The average Bonchev–Trinajstić information content (AvgIpc) is 3.59. The van der Waals surface area contributed by atoms with Gasteiger partial charge < -0.3 is 24.8 Å². The summed E-state index contributed by atoms with van der Waals surface area (Å²) in [6, 6.07) is 6.45. The first-order valence-corrected chi connectivity index (χ1v) is 14.1. The Balaban J connectivity index is 1.30. The largest absolute Gasteiger partial charge is 0.369 e. The van der Waals surface area contributed by atoms with Gasteiger partial charge >= 0.3 is 0 Å². The molecule has 0 aromatic heterocycles. The summed E-state index contributed by atoms with van der Waals surface area (Å²) in [6.45, 7) is 14.0. The topological polar surface area (TPSA) is 82.2 Å². The standard InChI is InChI=1S/C29H42N4O4/c1-5-29(3,4)26(28(36)33-17-22(19-7-8-19)25-24(33)23(34)18-37-25)30-27(35)20-9-11-21(12-10-20)32-15-13-31(6-2)14-16-32/h9-12,19,22,24-26H,5-8,13-18H2,1-4H3,(H,30,35)/t22-,24+,25+,26+/m0/s1. The normalized spacial score (nSPS) is 27.4. The number of ketones is 1. The van der Waals surface area contributed by atoms with Crippen LogP contribution in [0.2, 0.25) is 0 Å². The Hall–Kier alpha value is -2.45. The number of anilines is 1. The lowest BCUT2D eigenvalue weighted by Gasteiger charge is -2.37. The lowest BCUT2D eigenvalue weighted by Crippen LogP contribution is -2.57. The Morgan fingerprint density at radius 1 is 1.08 bits per heavy atom. The molecule has 8 nitrogen and oxygen atoms in total. The van der Waals surface area contributed by atoms with E-state index in [1.54, 1.807) is 4.90 Å². The molecule has 2 amide bonds. The monoisotopic (exact) mass is 510 g/mol. The summed E-state index contributed by atoms with van der Waals surface area (Å²) in [5.74, 6) is 0.310. The molecule has 4 atom stereocenters. The van der Waals surface area contributed by atoms with Crippen molar-refractivity contribution >= 4 is 23.3 Å². The Bertz CT molecular complexity index is 1010. The molecule has 5 rings (SSSR count). The lowest BCUT2D eigenvalue weighted by molar-refractivity contribution is -0.140. The predicted octanol–water partition coefficient (Wildman–Crippen LogP) is 2.57. The number of rotatable bonds is 8. The van der Waals surface area contributed by atoms with Crippen LogP contribution in [-0.4, -0.2) is 91.5 Å². The van der Waals surface area contributed by atoms with Gasteiger partial charge in [0.2, 0.25) is 5.91 Å². The van der Waals surface area contributed by atoms with Gasteiger partial charge in [-0.15, -0.1) is 0 Å². The molecule has 3 saturated heterocycles. The number of Topliss-reactive ketones (excluding diaryl/α,β-unsaturated/α-hetero) is 1. The predicted molar refractivity (Wildman–Crippen MR) is 143 cm³/mol. The zero-order valence-electron chi connectivity index (χ0n) is 22.7. The van der Waals surface area contributed by atoms with Crippen molar-refractivity contribution in [3.8, 4) is 0 Å². The fourth-order valence-corrected chi connectivity index (χ4v) is 6.18. The number of hydrogen-bond acceptors (Lipinski definition) is 6. The van der Waals surface area contributed by atoms with Crippen molar-refractivity contribution in [1.82, 2.24) is 15.1 Å². The number of benzene rings is 1. The van der Waals surface area contributed by atoms with Gasteiger partial charge in [-0.05, 0) is 61.4 Å². The van der Waals surface area contributed by atoms with Gasteiger partial charge in [0.1, 0.15) is 18.7 Å². The molecule has 1 saturated carbocycles. The molecule has 1 N–H and O–H groups in total. The first-order chi connectivity index (χ1) is 17.7. The second kappa shape index (κ2) is 10.4. The van der Waals surface area contributed by atoms with Crippen LogP contribution in [0.3, 0.4) is 0 Å². The van der Waals surface area contributed by atoms with Gasteiger partial charge in [0, 0.05) is 49.9 Å². The van der Waals surface area contributed by atoms with E-state index < -0.39 is 17.5 Å². The van der Waals surface area contributed by atoms with Gasteiger partial charge in [-0.25, -0.2) is 0 Å². The van der Waals surface area contributed by atoms with Crippen LogP contribution in [-0.2, 0) is 14.3 Å². The Morgan fingerprint density at radius 3 is 2.35 bits per heavy atom. The van der Waals surface area contributed by atoms with Gasteiger partial charge in [0.05, 0.1) is 6.10 Å². The summed E-state index contributed by atoms with van der Waals surface area (Å²) in [4.78, 5) is 46.6. The maximum Gasteiger partial charge on any atom is 0.251 e. The van der Waals surface area contributed by atoms with Gasteiger partial charge in [0.15, 0.2) is 5.78 Å². The molecule has 202 valence electrons. The second-order valence-electron chi connectivity index (χ2n) is 11.9. The molecule has 1 aromatic carbocycles. The van der Waals surface area contributed by atoms with E-state index in [1.807, 2.05) is 45.0 Å². The number of hydrogen-bond donors (Lipinski definition) is 1. The van der Waals surface area contributed by atoms with Crippen molar-refractivity contribution in [2.75, 3.05) is 50.8 Å². The third-order valence-electron chi connectivity index (χ3n) is 9.26. The zero-order chi connectivity index (χ0) is 26.3. The van der Waals surface area contributed by atoms with Crippen LogP contribution >= 0.6 is 0 Å². The van der Waals surface area contributed by atoms with Crippen LogP contribution in [0.4, 0.5) is 5.69 Å². The van der Waals surface area contributed by atoms with Gasteiger partial charge in [-0.1, -0.05) is 27.7 Å². The molecule has 3 heterocycles. The molecule has 8 heteroatoms. The van der Waals surface area contributed by atoms with Gasteiger partial charge in [-0.2, -0.15) is 0 Å². The molecule has 37 heavy (non-hydrogen) atoms. The minimum absolute atomic E-state index is 0.0174. The second-order valence-corrected chi connectivity index (χ2v) is 11.9. The lowest BCUT2D eigenvalue weighted by atomic mass is 9.80. The highest BCUT2D eigenvalue weighted by Crippen LogP contribution is 2.46. The first-order valence-electron chi connectivity index (χ1n) is 14.1. The first kappa shape index (κ1) is 26.2. The van der Waals surface area contributed by atoms with Crippen molar-refractivity contribution in [2.45, 2.75) is 65.1 Å². The fourth-order valence-electron chi connectivity index (χ4n) is 6.18. The smallest absolute Gasteiger partial charge is 0.251 e. The van der Waals surface area contributed by atoms with Crippen molar-refractivity contribution in [3.63, 3.8) is 0 Å². The van der Waals surface area contributed by atoms with E-state index in [0.717, 1.165) is 51.3 Å². The fraction of sp³-hybridized carbons (Fsp3) is 0.690. The molecule has 4 fully saturated rings. The summed E-state index contributed by atoms with van der Waals surface area (Å²) in [7, 11) is 0. The highest BCUT2D eigenvalue weighted by molar-refractivity contribution is 5.99. The number of likely N-dealkylation sites (N-methyl/N-ethyl adjacent to an activating group) is 1. The van der Waals surface area contributed by atoms with E-state index in [4.69, 9.17) is 4.74 Å². The van der Waals surface area contributed by atoms with E-state index >= 15 is 0 Å². The Kier molecular flexibility index (Phi) is 7.33. The minimum Gasteiger partial charge on any atom is -0.369 e. The number of likely N-dealkylation sites (tertiary alicyclic amines) is 1. The van der Waals surface area contributed by atoms with Crippen molar-refractivity contribution in [1.29, 1.82) is 0 Å². The quantitative estimate of drug-likeness (QED) is 0.579. The molecule has 4 aliphatic rings. The third kappa shape index (κ3) is 5.15. The third-order valence-corrected chi connectivity index (χ3v) is 9.26. The molecule has 0 unspecified atom stereocenters. The van der Waals surface area contributed by atoms with Crippen LogP contribution in [0.5, 0.6) is 0 Å². The van der Waals surface area contributed by atoms with Gasteiger partial charge in [0.25, 0.3) is 5.91 Å². The van der Waals surface area contributed by atoms with Crippen LogP contribution in [0.25, 0.3) is 0 Å². The number of fused-ring (bicyclic) bond motifs is 1. The number of nitrogens with one attached hydrogen (secondary N) is 1. The summed E-state index contributed by atoms with van der Waals surface area (Å²) >= 11 is 0. The number of nitrogens with zero attached hydrogens (tertiary/aromatic N) is 3. The van der Waals surface area contributed by atoms with Crippen LogP contribution in [0.1, 0.15) is 57.3 Å². The highest BCUT2D eigenvalue weighted by atomic mass is 16.5. The molecule has 1 aromatic rings. The molecule has 0 bridgehead atoms. The van der Waals surface area contributed by atoms with E-state index in [-0.39, 0.29) is 36.2 Å². The molecular weight excluding hydrogens is 468 g/mol. The number of carbonyl (C=O) groups excluding carboxylic acids is 3. The summed E-state index contributed by atoms with van der Waals surface area (Å²) in [6.07, 6.45) is 2.79. The maximum atomic E-state index is 14.0. The van der Waals surface area contributed by atoms with Crippen molar-refractivity contribution in [3.05, 3.63) is 29.8 Å². The van der Waals surface area contributed by atoms with Crippen molar-refractivity contribution < 1.29 is 19.1 Å². The van der Waals surface area contributed by atoms with E-state index in [1.165, 1.54) is 0 Å². The molecular formula is C29H42N4O4. The minimum atomic E-state index is -0.723. The number of piperazine rings is 1. The SMILES string of the molecule is CCN1CCN(c2ccc(C(=O)N[C@H](C(=O)N3C[C@@H](C4CC4)[C@H]4OCC(=O)[C@H]43)C(C)(C)CC)cc2)CC1. The maximum absolute atomic E-state index is 14.0. The van der Waals surface area contributed by atoms with E-state index in [9.17, 15) is 14.4 Å². The molecule has 0 spiro atoms. The summed E-state index contributed by atoms with van der Waals surface area (Å²) in [5.41, 5.74) is 1.18. The van der Waals surface area contributed by atoms with Crippen molar-refractivity contribution in [2.24, 2.45) is 17.3 Å². The average molecular weight is 511 g/mol. The van der Waals surface area contributed by atoms with E-state index in [0.29, 0.717) is 24.4 Å². The Morgan fingerprint density at radius 2 is 1.76 bits per heavy atom. The highest BCUT2D eigenvalue weighted by Gasteiger charge is 2.57. The number of amides is 2. The molecule has 0 radical (unpaired) electrons. The van der Waals surface area contributed by atoms with Gasteiger partial charge in [-0.3, -0.25) is 14.4 Å². The van der Waals surface area contributed by atoms with E-state index in [2.05, 4.69) is 22.0 Å². The summed E-state index contributed by atoms with van der Waals surface area (Å²) < 4.78 is 5.86. The van der Waals surface area contributed by atoms with Crippen LogP contribution < -0.4 is 10.2 Å². The van der Waals surface area contributed by atoms with Crippen LogP contribution in [0, 0.1) is 17.3 Å². The molecule has 1 aliphatic carbocycles. The number of ether oxygens (including phenoxy) is 1. The summed E-state index contributed by atoms with van der Waals surface area (Å²) in [5, 5.41) is 3.07. The zero-order valence-corrected chi connectivity index (χ0v) is 22.7. The number of carbonyl (C=O) groups is 3. The Labute approximate surface area is 220 Å². The molecule has 3 aliphatic heterocycles. The van der Waals surface area contributed by atoms with Crippen LogP contribution in [0.15, 0.2) is 24.3 Å².